The predicted molar refractivity (Wildman–Crippen MR) is 87.9 cm³/mol. The van der Waals surface area contributed by atoms with Crippen LogP contribution in [0.3, 0.4) is 0 Å². The highest BCUT2D eigenvalue weighted by molar-refractivity contribution is 5.68. The third-order valence-electron chi connectivity index (χ3n) is 4.14. The number of aliphatic hydroxyl groups is 1. The van der Waals surface area contributed by atoms with Gasteiger partial charge in [-0.15, -0.1) is 0 Å². The van der Waals surface area contributed by atoms with Crippen molar-refractivity contribution in [3.05, 3.63) is 64.7 Å². The maximum Gasteiger partial charge on any atom is 0.435 e. The molecule has 2 aromatic heterocycles. The number of halogens is 3. The average molecular weight is 360 g/mol. The van der Waals surface area contributed by atoms with Crippen LogP contribution in [0.5, 0.6) is 0 Å². The topological polar surface area (TPSA) is 77.6 Å². The van der Waals surface area contributed by atoms with E-state index < -0.39 is 11.9 Å². The van der Waals surface area contributed by atoms with Gasteiger partial charge in [0, 0.05) is 11.3 Å². The molecule has 3 rings (SSSR count). The van der Waals surface area contributed by atoms with Gasteiger partial charge in [0.15, 0.2) is 5.69 Å². The summed E-state index contributed by atoms with van der Waals surface area (Å²) in [6, 6.07) is 11.7. The fraction of sp³-hybridized carbons (Fsp3) is 0.222. The van der Waals surface area contributed by atoms with E-state index in [2.05, 4.69) is 10.2 Å². The lowest BCUT2D eigenvalue weighted by molar-refractivity contribution is -0.141. The Morgan fingerprint density at radius 2 is 1.92 bits per heavy atom. The highest BCUT2D eigenvalue weighted by Gasteiger charge is 2.33. The van der Waals surface area contributed by atoms with Crippen molar-refractivity contribution in [3.8, 4) is 17.2 Å². The van der Waals surface area contributed by atoms with Crippen LogP contribution in [0.1, 0.15) is 28.3 Å². The Bertz CT molecular complexity index is 962. The maximum absolute atomic E-state index is 12.7. The molecule has 8 heteroatoms. The van der Waals surface area contributed by atoms with Gasteiger partial charge >= 0.3 is 6.18 Å². The van der Waals surface area contributed by atoms with Crippen molar-refractivity contribution in [1.82, 2.24) is 14.8 Å². The second kappa shape index (κ2) is 6.69. The minimum Gasteiger partial charge on any atom is -0.390 e. The molecule has 0 fully saturated rings. The summed E-state index contributed by atoms with van der Waals surface area (Å²) in [6.07, 6.45) is -4.51. The van der Waals surface area contributed by atoms with E-state index >= 15 is 0 Å². The van der Waals surface area contributed by atoms with Crippen molar-refractivity contribution in [2.75, 3.05) is 0 Å². The van der Waals surface area contributed by atoms with Crippen molar-refractivity contribution in [2.24, 2.45) is 0 Å². The lowest BCUT2D eigenvalue weighted by Crippen LogP contribution is -2.07. The zero-order valence-electron chi connectivity index (χ0n) is 13.8. The fourth-order valence-corrected chi connectivity index (χ4v) is 2.85. The van der Waals surface area contributed by atoms with Crippen LogP contribution in [-0.4, -0.2) is 19.9 Å². The molecule has 0 unspecified atom stereocenters. The normalized spacial score (nSPS) is 11.5. The van der Waals surface area contributed by atoms with Gasteiger partial charge in [-0.25, -0.2) is 0 Å². The monoisotopic (exact) mass is 360 g/mol. The van der Waals surface area contributed by atoms with Crippen molar-refractivity contribution in [1.29, 1.82) is 5.26 Å². The lowest BCUT2D eigenvalue weighted by atomic mass is 10.0. The van der Waals surface area contributed by atoms with E-state index in [-0.39, 0.29) is 18.8 Å². The van der Waals surface area contributed by atoms with Crippen LogP contribution in [-0.2, 0) is 19.3 Å². The van der Waals surface area contributed by atoms with Crippen LogP contribution in [0.25, 0.3) is 11.1 Å². The summed E-state index contributed by atoms with van der Waals surface area (Å²) in [7, 11) is 0. The first-order valence-corrected chi connectivity index (χ1v) is 7.75. The Labute approximate surface area is 147 Å². The second-order valence-corrected chi connectivity index (χ2v) is 5.86. The van der Waals surface area contributed by atoms with E-state index in [0.29, 0.717) is 11.3 Å². The molecule has 26 heavy (non-hydrogen) atoms. The molecule has 0 amide bonds. The molecule has 134 valence electrons. The number of nitriles is 1. The van der Waals surface area contributed by atoms with Gasteiger partial charge in [0.25, 0.3) is 0 Å². The number of alkyl halides is 3. The minimum atomic E-state index is -4.51. The first-order valence-electron chi connectivity index (χ1n) is 7.75. The number of aryl methyl sites for hydroxylation is 1. The molecule has 0 aliphatic carbocycles. The predicted octanol–water partition coefficient (Wildman–Crippen LogP) is 3.62. The first kappa shape index (κ1) is 17.8. The smallest absolute Gasteiger partial charge is 0.390 e. The van der Waals surface area contributed by atoms with Gasteiger partial charge in [-0.3, -0.25) is 5.10 Å². The summed E-state index contributed by atoms with van der Waals surface area (Å²) in [4.78, 5) is 0. The van der Waals surface area contributed by atoms with Gasteiger partial charge in [0.1, 0.15) is 0 Å². The van der Waals surface area contributed by atoms with Crippen LogP contribution in [0.2, 0.25) is 0 Å². The molecule has 0 atom stereocenters. The molecule has 1 aromatic carbocycles. The minimum absolute atomic E-state index is 0.126. The standard InChI is InChI=1S/C18H15F3N4O/c1-11-6-15(13-4-2-12(8-22)3-5-13)16(10-26)25(11)9-14-7-17(24-23-14)18(19,20)21/h2-7,26H,9-10H2,1H3,(H,23,24). The van der Waals surface area contributed by atoms with Crippen LogP contribution in [0.4, 0.5) is 13.2 Å². The molecule has 0 aliphatic rings. The molecule has 0 saturated heterocycles. The van der Waals surface area contributed by atoms with Gasteiger partial charge in [-0.1, -0.05) is 12.1 Å². The molecule has 2 heterocycles. The number of aromatic amines is 1. The molecule has 0 radical (unpaired) electrons. The highest BCUT2D eigenvalue weighted by Crippen LogP contribution is 2.30. The number of rotatable bonds is 4. The van der Waals surface area contributed by atoms with Gasteiger partial charge in [0.05, 0.1) is 36.2 Å². The molecule has 0 bridgehead atoms. The molecule has 3 aromatic rings. The summed E-state index contributed by atoms with van der Waals surface area (Å²) in [5.74, 6) is 0. The van der Waals surface area contributed by atoms with Gasteiger partial charge in [-0.05, 0) is 36.8 Å². The Balaban J connectivity index is 1.96. The summed E-state index contributed by atoms with van der Waals surface area (Å²) >= 11 is 0. The molecular formula is C18H15F3N4O. The van der Waals surface area contributed by atoms with Crippen LogP contribution in [0.15, 0.2) is 36.4 Å². The SMILES string of the molecule is Cc1cc(-c2ccc(C#N)cc2)c(CO)n1Cc1cc(C(F)(F)F)n[nH]1. The Morgan fingerprint density at radius 1 is 1.23 bits per heavy atom. The third-order valence-corrected chi connectivity index (χ3v) is 4.14. The Hall–Kier alpha value is -3.05. The number of aromatic nitrogens is 3. The van der Waals surface area contributed by atoms with E-state index in [1.54, 1.807) is 28.8 Å². The van der Waals surface area contributed by atoms with Crippen molar-refractivity contribution in [2.45, 2.75) is 26.3 Å². The summed E-state index contributed by atoms with van der Waals surface area (Å²) in [6.45, 7) is 1.66. The summed E-state index contributed by atoms with van der Waals surface area (Å²) < 4.78 is 39.8. The molecule has 0 aliphatic heterocycles. The van der Waals surface area contributed by atoms with E-state index in [4.69, 9.17) is 5.26 Å². The van der Waals surface area contributed by atoms with Crippen LogP contribution in [0, 0.1) is 18.3 Å². The second-order valence-electron chi connectivity index (χ2n) is 5.86. The van der Waals surface area contributed by atoms with Crippen molar-refractivity contribution >= 4 is 0 Å². The van der Waals surface area contributed by atoms with Crippen LogP contribution >= 0.6 is 0 Å². The van der Waals surface area contributed by atoms with E-state index in [9.17, 15) is 18.3 Å². The zero-order chi connectivity index (χ0) is 18.9. The number of hydrogen-bond donors (Lipinski definition) is 2. The number of benzene rings is 1. The summed E-state index contributed by atoms with van der Waals surface area (Å²) in [5.41, 5.74) is 2.78. The van der Waals surface area contributed by atoms with Crippen molar-refractivity contribution < 1.29 is 18.3 Å². The third kappa shape index (κ3) is 3.34. The molecule has 5 nitrogen and oxygen atoms in total. The average Bonchev–Trinajstić information content (AvgIpc) is 3.20. The van der Waals surface area contributed by atoms with Crippen molar-refractivity contribution in [3.63, 3.8) is 0 Å². The molecular weight excluding hydrogens is 345 g/mol. The quantitative estimate of drug-likeness (QED) is 0.746. The molecule has 2 N–H and O–H groups in total. The number of nitrogens with one attached hydrogen (secondary N) is 1. The number of H-pyrrole nitrogens is 1. The zero-order valence-corrected chi connectivity index (χ0v) is 13.8. The largest absolute Gasteiger partial charge is 0.435 e. The van der Waals surface area contributed by atoms with E-state index in [1.807, 2.05) is 19.1 Å². The Kier molecular flexibility index (Phi) is 4.57. The fourth-order valence-electron chi connectivity index (χ4n) is 2.85. The number of aliphatic hydroxyl groups excluding tert-OH is 1. The lowest BCUT2D eigenvalue weighted by Gasteiger charge is -2.10. The number of hydrogen-bond acceptors (Lipinski definition) is 3. The van der Waals surface area contributed by atoms with Gasteiger partial charge < -0.3 is 9.67 Å². The van der Waals surface area contributed by atoms with Gasteiger partial charge in [-0.2, -0.15) is 23.5 Å². The van der Waals surface area contributed by atoms with Gasteiger partial charge in [0.2, 0.25) is 0 Å². The number of nitrogens with zero attached hydrogens (tertiary/aromatic N) is 3. The van der Waals surface area contributed by atoms with E-state index in [1.165, 1.54) is 0 Å². The Morgan fingerprint density at radius 3 is 2.46 bits per heavy atom. The maximum atomic E-state index is 12.7. The van der Waals surface area contributed by atoms with E-state index in [0.717, 1.165) is 22.9 Å². The van der Waals surface area contributed by atoms with Crippen LogP contribution < -0.4 is 0 Å². The highest BCUT2D eigenvalue weighted by atomic mass is 19.4. The first-order chi connectivity index (χ1) is 12.3. The summed E-state index contributed by atoms with van der Waals surface area (Å²) in [5, 5.41) is 24.4. The molecule has 0 spiro atoms. The molecule has 0 saturated carbocycles.